The van der Waals surface area contributed by atoms with Gasteiger partial charge in [-0.1, -0.05) is 18.2 Å². The minimum atomic E-state index is -0.526. The number of benzene rings is 2. The van der Waals surface area contributed by atoms with E-state index in [1.165, 1.54) is 7.11 Å². The summed E-state index contributed by atoms with van der Waals surface area (Å²) in [6.07, 6.45) is -0.222. The van der Waals surface area contributed by atoms with Crippen molar-refractivity contribution in [2.45, 2.75) is 6.42 Å². The number of hydrogen-bond acceptors (Lipinski definition) is 5. The largest absolute Gasteiger partial charge is 0.497 e. The van der Waals surface area contributed by atoms with Gasteiger partial charge in [-0.15, -0.1) is 0 Å². The fourth-order valence-electron chi connectivity index (χ4n) is 2.05. The quantitative estimate of drug-likeness (QED) is 0.298. The van der Waals surface area contributed by atoms with Crippen molar-refractivity contribution < 1.29 is 14.3 Å². The SMILES string of the molecule is COc1ccc(C(=O)CC(=NNC(N)=S)C(=O)Nc2ccccc2)cc1. The Hall–Kier alpha value is -3.26. The van der Waals surface area contributed by atoms with E-state index in [0.717, 1.165) is 0 Å². The van der Waals surface area contributed by atoms with Crippen molar-refractivity contribution in [2.75, 3.05) is 12.4 Å². The van der Waals surface area contributed by atoms with Crippen molar-refractivity contribution in [1.29, 1.82) is 0 Å². The van der Waals surface area contributed by atoms with Crippen molar-refractivity contribution in [3.8, 4) is 5.75 Å². The molecule has 0 saturated heterocycles. The highest BCUT2D eigenvalue weighted by Gasteiger charge is 2.18. The van der Waals surface area contributed by atoms with Crippen molar-refractivity contribution >= 4 is 40.4 Å². The highest BCUT2D eigenvalue weighted by Crippen LogP contribution is 2.13. The first kappa shape index (κ1) is 19.1. The summed E-state index contributed by atoms with van der Waals surface area (Å²) < 4.78 is 5.06. The smallest absolute Gasteiger partial charge is 0.272 e. The summed E-state index contributed by atoms with van der Waals surface area (Å²) in [6, 6.07) is 15.4. The van der Waals surface area contributed by atoms with E-state index < -0.39 is 5.91 Å². The van der Waals surface area contributed by atoms with E-state index in [9.17, 15) is 9.59 Å². The van der Waals surface area contributed by atoms with E-state index in [4.69, 9.17) is 22.7 Å². The maximum Gasteiger partial charge on any atom is 0.272 e. The summed E-state index contributed by atoms with van der Waals surface area (Å²) in [5.74, 6) is -0.173. The van der Waals surface area contributed by atoms with Crippen molar-refractivity contribution in [3.05, 3.63) is 60.2 Å². The molecule has 0 aliphatic carbocycles. The summed E-state index contributed by atoms with van der Waals surface area (Å²) in [5, 5.41) is 6.43. The van der Waals surface area contributed by atoms with Crippen LogP contribution < -0.4 is 21.2 Å². The molecule has 0 aliphatic heterocycles. The molecule has 0 heterocycles. The predicted octanol–water partition coefficient (Wildman–Crippen LogP) is 2.10. The van der Waals surface area contributed by atoms with Gasteiger partial charge in [0, 0.05) is 11.3 Å². The molecule has 0 spiro atoms. The third-order valence-electron chi connectivity index (χ3n) is 3.33. The van der Waals surface area contributed by atoms with Crippen LogP contribution in [0, 0.1) is 0 Å². The number of carbonyl (C=O) groups excluding carboxylic acids is 2. The number of methoxy groups -OCH3 is 1. The number of thiocarbonyl (C=S) groups is 1. The van der Waals surface area contributed by atoms with Gasteiger partial charge in [0.1, 0.15) is 11.5 Å². The Morgan fingerprint density at radius 1 is 1.12 bits per heavy atom. The highest BCUT2D eigenvalue weighted by atomic mass is 32.1. The molecule has 0 bridgehead atoms. The molecule has 2 aromatic rings. The van der Waals surface area contributed by atoms with Gasteiger partial charge in [0.05, 0.1) is 13.5 Å². The van der Waals surface area contributed by atoms with Gasteiger partial charge in [-0.25, -0.2) is 0 Å². The zero-order valence-corrected chi connectivity index (χ0v) is 14.9. The van der Waals surface area contributed by atoms with Gasteiger partial charge in [0.25, 0.3) is 5.91 Å². The van der Waals surface area contributed by atoms with Crippen LogP contribution in [0.25, 0.3) is 0 Å². The van der Waals surface area contributed by atoms with E-state index in [1.54, 1.807) is 48.5 Å². The topological polar surface area (TPSA) is 106 Å². The van der Waals surface area contributed by atoms with Crippen LogP contribution in [0.1, 0.15) is 16.8 Å². The zero-order valence-electron chi connectivity index (χ0n) is 14.1. The van der Waals surface area contributed by atoms with Crippen molar-refractivity contribution in [3.63, 3.8) is 0 Å². The molecule has 134 valence electrons. The van der Waals surface area contributed by atoms with E-state index in [1.807, 2.05) is 6.07 Å². The summed E-state index contributed by atoms with van der Waals surface area (Å²) in [5.41, 5.74) is 8.67. The normalized spacial score (nSPS) is 10.7. The first-order chi connectivity index (χ1) is 12.5. The predicted molar refractivity (Wildman–Crippen MR) is 104 cm³/mol. The maximum atomic E-state index is 12.5. The zero-order chi connectivity index (χ0) is 18.9. The molecule has 0 aromatic heterocycles. The fourth-order valence-corrected chi connectivity index (χ4v) is 2.09. The molecule has 0 radical (unpaired) electrons. The second-order valence-corrected chi connectivity index (χ2v) is 5.62. The number of hydrazone groups is 1. The molecule has 0 aliphatic rings. The van der Waals surface area contributed by atoms with Crippen LogP contribution in [0.15, 0.2) is 59.7 Å². The molecule has 7 nitrogen and oxygen atoms in total. The number of nitrogens with two attached hydrogens (primary N) is 1. The number of rotatable bonds is 7. The third-order valence-corrected chi connectivity index (χ3v) is 3.43. The maximum absolute atomic E-state index is 12.5. The van der Waals surface area contributed by atoms with Crippen LogP contribution in [0.5, 0.6) is 5.75 Å². The monoisotopic (exact) mass is 370 g/mol. The van der Waals surface area contributed by atoms with Crippen LogP contribution in [-0.2, 0) is 4.79 Å². The highest BCUT2D eigenvalue weighted by molar-refractivity contribution is 7.80. The van der Waals surface area contributed by atoms with Gasteiger partial charge in [0.2, 0.25) is 0 Å². The number of Topliss-reactive ketones (excluding diaryl/α,β-unsaturated/α-hetero) is 1. The molecule has 1 amide bonds. The Balaban J connectivity index is 2.15. The standard InChI is InChI=1S/C18H18N4O3S/c1-25-14-9-7-12(8-10-14)16(23)11-15(21-22-18(19)26)17(24)20-13-5-3-2-4-6-13/h2-10H,11H2,1H3,(H,20,24)(H3,19,22,26). The van der Waals surface area contributed by atoms with Gasteiger partial charge in [-0.2, -0.15) is 5.10 Å². The summed E-state index contributed by atoms with van der Waals surface area (Å²) in [4.78, 5) is 24.9. The molecule has 26 heavy (non-hydrogen) atoms. The molecular weight excluding hydrogens is 352 g/mol. The van der Waals surface area contributed by atoms with E-state index >= 15 is 0 Å². The molecule has 0 atom stereocenters. The van der Waals surface area contributed by atoms with Crippen LogP contribution in [-0.4, -0.2) is 29.6 Å². The number of nitrogens with zero attached hydrogens (tertiary/aromatic N) is 1. The Kier molecular flexibility index (Phi) is 6.81. The average molecular weight is 370 g/mol. The van der Waals surface area contributed by atoms with Gasteiger partial charge in [-0.05, 0) is 48.6 Å². The molecule has 4 N–H and O–H groups in total. The first-order valence-corrected chi connectivity index (χ1v) is 8.06. The number of ketones is 1. The Morgan fingerprint density at radius 2 is 1.77 bits per heavy atom. The van der Waals surface area contributed by atoms with E-state index in [2.05, 4.69) is 15.8 Å². The minimum Gasteiger partial charge on any atom is -0.497 e. The van der Waals surface area contributed by atoms with E-state index in [0.29, 0.717) is 17.0 Å². The lowest BCUT2D eigenvalue weighted by atomic mass is 10.0. The number of para-hydroxylation sites is 1. The van der Waals surface area contributed by atoms with Gasteiger partial charge >= 0.3 is 0 Å². The van der Waals surface area contributed by atoms with Crippen molar-refractivity contribution in [1.82, 2.24) is 5.43 Å². The molecule has 0 unspecified atom stereocenters. The molecule has 2 rings (SSSR count). The Bertz CT molecular complexity index is 820. The molecule has 8 heteroatoms. The summed E-state index contributed by atoms with van der Waals surface area (Å²) in [6.45, 7) is 0. The second-order valence-electron chi connectivity index (χ2n) is 5.18. The van der Waals surface area contributed by atoms with Gasteiger partial charge in [0.15, 0.2) is 10.9 Å². The number of hydrogen-bond donors (Lipinski definition) is 3. The number of amides is 1. The third kappa shape index (κ3) is 5.67. The van der Waals surface area contributed by atoms with Crippen LogP contribution in [0.4, 0.5) is 5.69 Å². The Labute approximate surface area is 156 Å². The first-order valence-electron chi connectivity index (χ1n) is 7.65. The lowest BCUT2D eigenvalue weighted by molar-refractivity contribution is -0.110. The number of nitrogens with one attached hydrogen (secondary N) is 2. The second kappa shape index (κ2) is 9.28. The fraction of sp³-hybridized carbons (Fsp3) is 0.111. The van der Waals surface area contributed by atoms with Crippen molar-refractivity contribution in [2.24, 2.45) is 10.8 Å². The lowest BCUT2D eigenvalue weighted by Crippen LogP contribution is -2.31. The van der Waals surface area contributed by atoms with Gasteiger partial charge < -0.3 is 15.8 Å². The minimum absolute atomic E-state index is 0.0394. The lowest BCUT2D eigenvalue weighted by Gasteiger charge is -2.09. The molecular formula is C18H18N4O3S. The van der Waals surface area contributed by atoms with E-state index in [-0.39, 0.29) is 23.0 Å². The summed E-state index contributed by atoms with van der Waals surface area (Å²) in [7, 11) is 1.54. The molecule has 0 saturated carbocycles. The van der Waals surface area contributed by atoms with Gasteiger partial charge in [-0.3, -0.25) is 15.0 Å². The number of ether oxygens (including phenoxy) is 1. The average Bonchev–Trinajstić information content (AvgIpc) is 2.65. The number of anilines is 1. The number of carbonyl (C=O) groups is 2. The molecule has 2 aromatic carbocycles. The van der Waals surface area contributed by atoms with Crippen LogP contribution in [0.3, 0.4) is 0 Å². The summed E-state index contributed by atoms with van der Waals surface area (Å²) >= 11 is 4.69. The Morgan fingerprint density at radius 3 is 2.35 bits per heavy atom. The van der Waals surface area contributed by atoms with Crippen LogP contribution in [0.2, 0.25) is 0 Å². The van der Waals surface area contributed by atoms with Crippen LogP contribution >= 0.6 is 12.2 Å². The molecule has 0 fully saturated rings.